The molecule has 0 aromatic rings. The number of hydrogen-bond donors (Lipinski definition) is 5. The summed E-state index contributed by atoms with van der Waals surface area (Å²) in [5.41, 5.74) is 1.41. The molecule has 17 atom stereocenters. The Balaban J connectivity index is 1.70. The summed E-state index contributed by atoms with van der Waals surface area (Å²) in [4.78, 5) is 44.1. The van der Waals surface area contributed by atoms with E-state index in [0.717, 1.165) is 12.0 Å². The van der Waals surface area contributed by atoms with Crippen LogP contribution < -0.4 is 0 Å². The summed E-state index contributed by atoms with van der Waals surface area (Å²) in [5, 5.41) is 57.2. The molecule has 3 heterocycles. The lowest BCUT2D eigenvalue weighted by Gasteiger charge is -2.43. The van der Waals surface area contributed by atoms with Crippen LogP contribution in [0.2, 0.25) is 0 Å². The Bertz CT molecular complexity index is 1660. The Morgan fingerprint density at radius 3 is 2.22 bits per heavy atom. The van der Waals surface area contributed by atoms with Crippen molar-refractivity contribution in [2.75, 3.05) is 27.9 Å². The second-order valence-corrected chi connectivity index (χ2v) is 20.0. The molecule has 4 aliphatic rings. The highest BCUT2D eigenvalue weighted by Crippen LogP contribution is 2.38. The van der Waals surface area contributed by atoms with E-state index in [1.165, 1.54) is 12.0 Å². The lowest BCUT2D eigenvalue weighted by molar-refractivity contribution is -0.265. The van der Waals surface area contributed by atoms with Gasteiger partial charge in [-0.1, -0.05) is 71.1 Å². The summed E-state index contributed by atoms with van der Waals surface area (Å²) in [6, 6.07) is -1.10. The number of Topliss-reactive ketones (excluding diaryl/α,β-unsaturated/α-hetero) is 1. The van der Waals surface area contributed by atoms with Crippen LogP contribution in [0.5, 0.6) is 0 Å². The van der Waals surface area contributed by atoms with Gasteiger partial charge < -0.3 is 54.1 Å². The highest BCUT2D eigenvalue weighted by atomic mass is 16.6. The summed E-state index contributed by atoms with van der Waals surface area (Å²) in [7, 11) is 4.63. The van der Waals surface area contributed by atoms with Crippen molar-refractivity contribution in [1.29, 1.82) is 0 Å². The number of fused-ring (bicyclic) bond motifs is 3. The third-order valence-corrected chi connectivity index (χ3v) is 14.9. The van der Waals surface area contributed by atoms with Crippen molar-refractivity contribution in [3.8, 4) is 0 Å². The van der Waals surface area contributed by atoms with Crippen molar-refractivity contribution in [2.45, 2.75) is 192 Å². The second kappa shape index (κ2) is 25.5. The molecule has 0 aromatic heterocycles. The van der Waals surface area contributed by atoms with Crippen molar-refractivity contribution in [3.05, 3.63) is 47.6 Å². The Hall–Kier alpha value is -2.79. The van der Waals surface area contributed by atoms with Crippen LogP contribution in [-0.4, -0.2) is 143 Å². The fourth-order valence-electron chi connectivity index (χ4n) is 10.4. The molecule has 0 spiro atoms. The molecule has 2 bridgehead atoms. The zero-order chi connectivity index (χ0) is 48.2. The molecule has 4 rings (SSSR count). The van der Waals surface area contributed by atoms with E-state index in [1.54, 1.807) is 34.1 Å². The number of methoxy groups -OCH3 is 3. The average molecular weight is 918 g/mol. The molecule has 0 aromatic carbocycles. The van der Waals surface area contributed by atoms with Gasteiger partial charge in [0.2, 0.25) is 5.79 Å². The molecule has 3 fully saturated rings. The molecule has 370 valence electrons. The Morgan fingerprint density at radius 2 is 1.54 bits per heavy atom. The minimum Gasteiger partial charge on any atom is -0.460 e. The number of aliphatic hydroxyl groups is 5. The Morgan fingerprint density at radius 1 is 0.815 bits per heavy atom. The number of carbonyl (C=O) groups is 3. The first-order valence-electron chi connectivity index (χ1n) is 24.2. The number of nitrogens with zero attached hydrogens (tertiary/aromatic N) is 1. The summed E-state index contributed by atoms with van der Waals surface area (Å²) in [6.45, 7) is 13.2. The smallest absolute Gasteiger partial charge is 0.329 e. The molecule has 1 amide bonds. The van der Waals surface area contributed by atoms with Gasteiger partial charge in [0.1, 0.15) is 24.4 Å². The van der Waals surface area contributed by atoms with Crippen LogP contribution in [0, 0.1) is 35.5 Å². The van der Waals surface area contributed by atoms with Gasteiger partial charge in [0.15, 0.2) is 0 Å². The van der Waals surface area contributed by atoms with E-state index in [2.05, 4.69) is 6.92 Å². The lowest BCUT2D eigenvalue weighted by Crippen LogP contribution is -2.61. The van der Waals surface area contributed by atoms with Crippen LogP contribution >= 0.6 is 0 Å². The topological polar surface area (TPSA) is 202 Å². The van der Waals surface area contributed by atoms with Gasteiger partial charge in [0.05, 0.1) is 36.6 Å². The van der Waals surface area contributed by atoms with Gasteiger partial charge >= 0.3 is 5.97 Å². The summed E-state index contributed by atoms with van der Waals surface area (Å²) in [5.74, 6) is -6.69. The molecule has 5 N–H and O–H groups in total. The number of carbonyl (C=O) groups excluding carboxylic acids is 3. The van der Waals surface area contributed by atoms with Crippen molar-refractivity contribution in [2.24, 2.45) is 35.5 Å². The van der Waals surface area contributed by atoms with Crippen LogP contribution in [0.25, 0.3) is 0 Å². The lowest BCUT2D eigenvalue weighted by atomic mass is 9.78. The van der Waals surface area contributed by atoms with E-state index in [0.29, 0.717) is 63.4 Å². The number of piperidine rings is 1. The first kappa shape index (κ1) is 54.8. The SMILES string of the molecule is COC1CC2CCC(C)C(O)(O2)C(=O)C(=O)N2CCCCC2C(=O)OC(C(C)CC2CCC(O)C(OC)C2)CC(O)C(C)C=C(C)C(O)C(OC)C(O)C(C)CC(C)C=CC=CC=C1C. The minimum atomic E-state index is -2.41. The zero-order valence-corrected chi connectivity index (χ0v) is 40.8. The van der Waals surface area contributed by atoms with E-state index in [1.807, 2.05) is 58.1 Å². The fraction of sp³-hybridized carbons (Fsp3) is 0.784. The van der Waals surface area contributed by atoms with Crippen LogP contribution in [0.3, 0.4) is 0 Å². The maximum absolute atomic E-state index is 14.4. The molecule has 0 radical (unpaired) electrons. The fourth-order valence-corrected chi connectivity index (χ4v) is 10.4. The molecule has 2 saturated heterocycles. The first-order valence-corrected chi connectivity index (χ1v) is 24.2. The van der Waals surface area contributed by atoms with Gasteiger partial charge in [-0.2, -0.15) is 0 Å². The van der Waals surface area contributed by atoms with Crippen LogP contribution in [0.1, 0.15) is 126 Å². The van der Waals surface area contributed by atoms with Crippen LogP contribution in [0.4, 0.5) is 0 Å². The number of ether oxygens (including phenoxy) is 5. The number of hydrogen-bond acceptors (Lipinski definition) is 13. The molecule has 65 heavy (non-hydrogen) atoms. The third kappa shape index (κ3) is 14.6. The predicted molar refractivity (Wildman–Crippen MR) is 247 cm³/mol. The highest BCUT2D eigenvalue weighted by Gasteiger charge is 2.53. The number of rotatable bonds is 6. The van der Waals surface area contributed by atoms with Crippen LogP contribution in [0.15, 0.2) is 47.6 Å². The summed E-state index contributed by atoms with van der Waals surface area (Å²) >= 11 is 0. The van der Waals surface area contributed by atoms with Gasteiger partial charge in [-0.25, -0.2) is 4.79 Å². The van der Waals surface area contributed by atoms with Gasteiger partial charge in [0, 0.05) is 52.6 Å². The standard InChI is InChI=1S/C51H83NO13/c1-30-16-12-11-13-17-31(2)42(61-8)28-38-21-19-36(7)51(60,65-38)48(57)49(58)52-23-15-14-18-39(52)50(59)64-43(33(4)26-37-20-22-40(53)44(27-37)62-9)29-41(54)32(3)25-35(6)46(56)47(63-10)45(55)34(5)24-30/h11-13,16-17,25,30,32-34,36-47,53-56,60H,14-15,18-24,26-29H2,1-10H3. The van der Waals surface area contributed by atoms with Gasteiger partial charge in [0.25, 0.3) is 11.7 Å². The zero-order valence-electron chi connectivity index (χ0n) is 40.8. The summed E-state index contributed by atoms with van der Waals surface area (Å²) < 4.78 is 29.6. The number of cyclic esters (lactones) is 1. The molecular weight excluding hydrogens is 835 g/mol. The van der Waals surface area contributed by atoms with Gasteiger partial charge in [-0.15, -0.1) is 0 Å². The molecule has 1 saturated carbocycles. The number of allylic oxidation sites excluding steroid dienone is 5. The third-order valence-electron chi connectivity index (χ3n) is 14.9. The molecule has 1 aliphatic carbocycles. The minimum absolute atomic E-state index is 0.0359. The number of esters is 1. The van der Waals surface area contributed by atoms with Gasteiger partial charge in [-0.3, -0.25) is 9.59 Å². The summed E-state index contributed by atoms with van der Waals surface area (Å²) in [6.07, 6.45) is 10.6. The monoisotopic (exact) mass is 918 g/mol. The maximum Gasteiger partial charge on any atom is 0.329 e. The number of ketones is 1. The molecule has 14 nitrogen and oxygen atoms in total. The van der Waals surface area contributed by atoms with Crippen LogP contribution in [-0.2, 0) is 38.1 Å². The average Bonchev–Trinajstić information content (AvgIpc) is 3.28. The first-order chi connectivity index (χ1) is 30.7. The van der Waals surface area contributed by atoms with Crippen molar-refractivity contribution < 1.29 is 63.6 Å². The van der Waals surface area contributed by atoms with E-state index in [4.69, 9.17) is 23.7 Å². The predicted octanol–water partition coefficient (Wildman–Crippen LogP) is 5.76. The van der Waals surface area contributed by atoms with Crippen molar-refractivity contribution in [1.82, 2.24) is 4.90 Å². The van der Waals surface area contributed by atoms with E-state index >= 15 is 0 Å². The normalized spacial score (nSPS) is 40.1. The number of aliphatic hydroxyl groups excluding tert-OH is 4. The van der Waals surface area contributed by atoms with E-state index < -0.39 is 90.2 Å². The number of amides is 1. The molecule has 17 unspecified atom stereocenters. The Labute approximate surface area is 388 Å². The Kier molecular flexibility index (Phi) is 21.5. The second-order valence-electron chi connectivity index (χ2n) is 20.0. The molecule has 14 heteroatoms. The van der Waals surface area contributed by atoms with Gasteiger partial charge in [-0.05, 0) is 113 Å². The quantitative estimate of drug-likeness (QED) is 0.122. The molecular formula is C51H83NO13. The van der Waals surface area contributed by atoms with E-state index in [-0.39, 0.29) is 49.2 Å². The van der Waals surface area contributed by atoms with Crippen molar-refractivity contribution in [3.63, 3.8) is 0 Å². The molecule has 3 aliphatic heterocycles. The maximum atomic E-state index is 14.4. The van der Waals surface area contributed by atoms with Crippen molar-refractivity contribution >= 4 is 17.7 Å². The largest absolute Gasteiger partial charge is 0.460 e. The van der Waals surface area contributed by atoms with E-state index in [9.17, 15) is 39.9 Å². The highest BCUT2D eigenvalue weighted by molar-refractivity contribution is 6.39.